The van der Waals surface area contributed by atoms with E-state index in [0.29, 0.717) is 11.8 Å². The van der Waals surface area contributed by atoms with Crippen molar-refractivity contribution in [3.8, 4) is 0 Å². The van der Waals surface area contributed by atoms with E-state index >= 15 is 0 Å². The fraction of sp³-hybridized carbons (Fsp3) is 0.750. The van der Waals surface area contributed by atoms with Gasteiger partial charge in [-0.1, -0.05) is 41.0 Å². The Morgan fingerprint density at radius 1 is 1.40 bits per heavy atom. The number of amides is 1. The highest BCUT2D eigenvalue weighted by atomic mass is 16.4. The second-order valence-electron chi connectivity index (χ2n) is 7.21. The highest BCUT2D eigenvalue weighted by Gasteiger charge is 2.32. The molecule has 0 bridgehead atoms. The van der Waals surface area contributed by atoms with Gasteiger partial charge in [-0.25, -0.2) is 4.98 Å². The molecule has 2 atom stereocenters. The van der Waals surface area contributed by atoms with E-state index in [1.54, 1.807) is 6.26 Å². The number of hydrogen-bond donors (Lipinski definition) is 1. The van der Waals surface area contributed by atoms with Gasteiger partial charge in [-0.2, -0.15) is 0 Å². The minimum absolute atomic E-state index is 0.101. The van der Waals surface area contributed by atoms with Gasteiger partial charge >= 0.3 is 5.91 Å². The van der Waals surface area contributed by atoms with E-state index in [9.17, 15) is 4.79 Å². The third-order valence-corrected chi connectivity index (χ3v) is 4.21. The van der Waals surface area contributed by atoms with Gasteiger partial charge in [0, 0.05) is 11.5 Å². The van der Waals surface area contributed by atoms with Crippen LogP contribution in [0.15, 0.2) is 10.7 Å². The Labute approximate surface area is 121 Å². The van der Waals surface area contributed by atoms with Crippen LogP contribution in [0.1, 0.15) is 70.3 Å². The second kappa shape index (κ2) is 5.58. The van der Waals surface area contributed by atoms with Gasteiger partial charge in [-0.15, -0.1) is 0 Å². The molecule has 0 aliphatic heterocycles. The number of aromatic nitrogens is 1. The minimum Gasteiger partial charge on any atom is -0.441 e. The molecule has 1 aliphatic rings. The summed E-state index contributed by atoms with van der Waals surface area (Å²) < 4.78 is 5.34. The molecule has 1 aliphatic carbocycles. The normalized spacial score (nSPS) is 23.3. The number of nitrogens with one attached hydrogen (secondary N) is 1. The van der Waals surface area contributed by atoms with Crippen LogP contribution in [0.2, 0.25) is 0 Å². The molecule has 4 nitrogen and oxygen atoms in total. The van der Waals surface area contributed by atoms with Crippen molar-refractivity contribution < 1.29 is 9.21 Å². The lowest BCUT2D eigenvalue weighted by molar-refractivity contribution is 0.0886. The molecule has 0 spiro atoms. The molecular formula is C16H26N2O2. The van der Waals surface area contributed by atoms with Crippen LogP contribution in [-0.4, -0.2) is 16.9 Å². The Morgan fingerprint density at radius 3 is 2.65 bits per heavy atom. The zero-order valence-electron chi connectivity index (χ0n) is 13.2. The van der Waals surface area contributed by atoms with E-state index in [2.05, 4.69) is 44.9 Å². The van der Waals surface area contributed by atoms with Gasteiger partial charge in [0.25, 0.3) is 5.89 Å². The van der Waals surface area contributed by atoms with Crippen LogP contribution in [0, 0.1) is 11.8 Å². The summed E-state index contributed by atoms with van der Waals surface area (Å²) in [5.74, 6) is 1.16. The smallest absolute Gasteiger partial charge is 0.307 e. The van der Waals surface area contributed by atoms with E-state index in [-0.39, 0.29) is 23.3 Å². The Balaban J connectivity index is 2.03. The third-order valence-electron chi connectivity index (χ3n) is 4.21. The summed E-state index contributed by atoms with van der Waals surface area (Å²) in [6, 6.07) is 0.257. The lowest BCUT2D eigenvalue weighted by atomic mass is 9.91. The van der Waals surface area contributed by atoms with Crippen LogP contribution < -0.4 is 5.32 Å². The molecule has 1 aromatic rings. The maximum Gasteiger partial charge on any atom is 0.307 e. The van der Waals surface area contributed by atoms with Crippen LogP contribution in [-0.2, 0) is 5.41 Å². The number of oxazole rings is 1. The highest BCUT2D eigenvalue weighted by Crippen LogP contribution is 2.31. The van der Waals surface area contributed by atoms with Gasteiger partial charge < -0.3 is 9.73 Å². The Kier molecular flexibility index (Phi) is 4.21. The maximum atomic E-state index is 12.2. The fourth-order valence-corrected chi connectivity index (χ4v) is 2.92. The number of nitrogens with zero attached hydrogens (tertiary/aromatic N) is 1. The average Bonchev–Trinajstić information content (AvgIpc) is 2.95. The fourth-order valence-electron chi connectivity index (χ4n) is 2.92. The maximum absolute atomic E-state index is 12.2. The van der Waals surface area contributed by atoms with Crippen molar-refractivity contribution in [2.24, 2.45) is 11.8 Å². The molecule has 1 aromatic heterocycles. The predicted molar refractivity (Wildman–Crippen MR) is 78.6 cm³/mol. The van der Waals surface area contributed by atoms with Crippen molar-refractivity contribution in [2.75, 3.05) is 0 Å². The van der Waals surface area contributed by atoms with Gasteiger partial charge in [0.2, 0.25) is 0 Å². The van der Waals surface area contributed by atoms with Crippen molar-refractivity contribution in [1.82, 2.24) is 10.3 Å². The standard InChI is InChI=1S/C16H26N2O2/c1-10(2)11-7-6-8-12(11)17-14(19)15-18-13(9-20-15)16(3,4)5/h9-12H,6-8H2,1-5H3,(H,17,19). The lowest BCUT2D eigenvalue weighted by Crippen LogP contribution is -2.39. The zero-order chi connectivity index (χ0) is 14.9. The number of rotatable bonds is 3. The van der Waals surface area contributed by atoms with Crippen molar-refractivity contribution in [1.29, 1.82) is 0 Å². The topological polar surface area (TPSA) is 55.1 Å². The minimum atomic E-state index is -0.182. The quantitative estimate of drug-likeness (QED) is 0.920. The third kappa shape index (κ3) is 3.22. The molecule has 20 heavy (non-hydrogen) atoms. The Hall–Kier alpha value is -1.32. The summed E-state index contributed by atoms with van der Waals surface area (Å²) in [5.41, 5.74) is 0.713. The van der Waals surface area contributed by atoms with Crippen molar-refractivity contribution in [3.63, 3.8) is 0 Å². The molecule has 0 radical (unpaired) electrons. The number of carbonyl (C=O) groups is 1. The van der Waals surface area contributed by atoms with E-state index in [1.807, 2.05) is 0 Å². The molecule has 4 heteroatoms. The Morgan fingerprint density at radius 2 is 2.10 bits per heavy atom. The molecule has 0 saturated heterocycles. The first-order chi connectivity index (χ1) is 9.29. The lowest BCUT2D eigenvalue weighted by Gasteiger charge is -2.23. The second-order valence-corrected chi connectivity index (χ2v) is 7.21. The van der Waals surface area contributed by atoms with E-state index in [4.69, 9.17) is 4.42 Å². The van der Waals surface area contributed by atoms with Crippen molar-refractivity contribution >= 4 is 5.91 Å². The first-order valence-electron chi connectivity index (χ1n) is 7.56. The first kappa shape index (κ1) is 15.1. The van der Waals surface area contributed by atoms with Crippen LogP contribution in [0.5, 0.6) is 0 Å². The summed E-state index contributed by atoms with van der Waals surface area (Å²) in [6.07, 6.45) is 5.03. The van der Waals surface area contributed by atoms with E-state index < -0.39 is 0 Å². The molecule has 1 amide bonds. The van der Waals surface area contributed by atoms with Gasteiger partial charge in [0.05, 0.1) is 5.69 Å². The van der Waals surface area contributed by atoms with E-state index in [1.165, 1.54) is 12.8 Å². The average molecular weight is 278 g/mol. The molecule has 1 fully saturated rings. The number of carbonyl (C=O) groups excluding carboxylic acids is 1. The highest BCUT2D eigenvalue weighted by molar-refractivity contribution is 5.89. The summed E-state index contributed by atoms with van der Waals surface area (Å²) in [6.45, 7) is 10.6. The SMILES string of the molecule is CC(C)C1CCCC1NC(=O)c1nc(C(C)(C)C)co1. The van der Waals surface area contributed by atoms with Crippen LogP contribution >= 0.6 is 0 Å². The monoisotopic (exact) mass is 278 g/mol. The summed E-state index contributed by atoms with van der Waals surface area (Å²) in [7, 11) is 0. The molecular weight excluding hydrogens is 252 g/mol. The van der Waals surface area contributed by atoms with Crippen LogP contribution in [0.4, 0.5) is 0 Å². The van der Waals surface area contributed by atoms with Crippen LogP contribution in [0.3, 0.4) is 0 Å². The van der Waals surface area contributed by atoms with Crippen molar-refractivity contribution in [2.45, 2.75) is 65.3 Å². The summed E-state index contributed by atoms with van der Waals surface area (Å²) >= 11 is 0. The van der Waals surface area contributed by atoms with Gasteiger partial charge in [-0.3, -0.25) is 4.79 Å². The molecule has 2 unspecified atom stereocenters. The summed E-state index contributed by atoms with van der Waals surface area (Å²) in [4.78, 5) is 16.6. The molecule has 1 saturated carbocycles. The van der Waals surface area contributed by atoms with Gasteiger partial charge in [0.15, 0.2) is 0 Å². The number of hydrogen-bond acceptors (Lipinski definition) is 3. The van der Waals surface area contributed by atoms with Gasteiger partial charge in [0.1, 0.15) is 6.26 Å². The van der Waals surface area contributed by atoms with Crippen molar-refractivity contribution in [3.05, 3.63) is 17.8 Å². The van der Waals surface area contributed by atoms with Crippen LogP contribution in [0.25, 0.3) is 0 Å². The van der Waals surface area contributed by atoms with E-state index in [0.717, 1.165) is 12.1 Å². The largest absolute Gasteiger partial charge is 0.441 e. The predicted octanol–water partition coefficient (Wildman–Crippen LogP) is 3.53. The molecule has 0 aromatic carbocycles. The summed E-state index contributed by atoms with van der Waals surface area (Å²) in [5, 5.41) is 3.10. The molecule has 2 rings (SSSR count). The Bertz CT molecular complexity index is 471. The zero-order valence-corrected chi connectivity index (χ0v) is 13.2. The van der Waals surface area contributed by atoms with Gasteiger partial charge in [-0.05, 0) is 24.7 Å². The molecule has 112 valence electrons. The first-order valence-corrected chi connectivity index (χ1v) is 7.56. The molecule has 1 N–H and O–H groups in total. The molecule has 1 heterocycles.